The van der Waals surface area contributed by atoms with Gasteiger partial charge in [0.05, 0.1) is 12.6 Å². The number of rotatable bonds is 8. The van der Waals surface area contributed by atoms with E-state index in [0.29, 0.717) is 12.0 Å². The molecule has 2 rings (SSSR count). The Labute approximate surface area is 139 Å². The molecule has 128 valence electrons. The first-order valence-electron chi connectivity index (χ1n) is 8.55. The molecule has 5 nitrogen and oxygen atoms in total. The van der Waals surface area contributed by atoms with Crippen molar-refractivity contribution in [2.45, 2.75) is 58.7 Å². The highest BCUT2D eigenvalue weighted by Gasteiger charge is 2.29. The van der Waals surface area contributed by atoms with E-state index in [4.69, 9.17) is 10.5 Å². The van der Waals surface area contributed by atoms with Gasteiger partial charge in [-0.1, -0.05) is 0 Å². The summed E-state index contributed by atoms with van der Waals surface area (Å²) in [5, 5.41) is 3.12. The lowest BCUT2D eigenvalue weighted by Gasteiger charge is -2.25. The summed E-state index contributed by atoms with van der Waals surface area (Å²) >= 11 is 0. The summed E-state index contributed by atoms with van der Waals surface area (Å²) in [7, 11) is 0. The average Bonchev–Trinajstić information content (AvgIpc) is 3.29. The third-order valence-electron chi connectivity index (χ3n) is 3.82. The van der Waals surface area contributed by atoms with Crippen molar-refractivity contribution in [3.8, 4) is 5.75 Å². The van der Waals surface area contributed by atoms with Gasteiger partial charge < -0.3 is 15.8 Å². The zero-order valence-electron chi connectivity index (χ0n) is 14.7. The molecule has 0 heterocycles. The summed E-state index contributed by atoms with van der Waals surface area (Å²) in [5.41, 5.74) is 6.89. The van der Waals surface area contributed by atoms with Gasteiger partial charge in [0.2, 0.25) is 0 Å². The highest BCUT2D eigenvalue weighted by atomic mass is 16.5. The number of ether oxygens (including phenoxy) is 1. The Morgan fingerprint density at radius 3 is 2.43 bits per heavy atom. The molecule has 0 spiro atoms. The SMILES string of the molecule is CC(C)Oc1ccc(NC(N)=NCCN(C(C)C)C2CC2)cc1. The van der Waals surface area contributed by atoms with E-state index in [1.54, 1.807) is 0 Å². The van der Waals surface area contributed by atoms with Crippen molar-refractivity contribution in [2.75, 3.05) is 18.4 Å². The first-order valence-corrected chi connectivity index (χ1v) is 8.55. The first-order chi connectivity index (χ1) is 11.0. The van der Waals surface area contributed by atoms with Crippen molar-refractivity contribution >= 4 is 11.6 Å². The number of aliphatic imine (C=N–C) groups is 1. The van der Waals surface area contributed by atoms with Gasteiger partial charge in [-0.3, -0.25) is 9.89 Å². The van der Waals surface area contributed by atoms with Gasteiger partial charge in [-0.15, -0.1) is 0 Å². The van der Waals surface area contributed by atoms with Gasteiger partial charge >= 0.3 is 0 Å². The standard InChI is InChI=1S/C18H30N4O/c1-13(2)22(16-7-8-16)12-11-20-18(19)21-15-5-9-17(10-6-15)23-14(3)4/h5-6,9-10,13-14,16H,7-8,11-12H2,1-4H3,(H3,19,20,21). The summed E-state index contributed by atoms with van der Waals surface area (Å²) in [5.74, 6) is 1.32. The lowest BCUT2D eigenvalue weighted by molar-refractivity contribution is 0.218. The summed E-state index contributed by atoms with van der Waals surface area (Å²) in [6.07, 6.45) is 2.82. The van der Waals surface area contributed by atoms with E-state index in [1.807, 2.05) is 38.1 Å². The molecule has 23 heavy (non-hydrogen) atoms. The van der Waals surface area contributed by atoms with Crippen LogP contribution in [0.25, 0.3) is 0 Å². The van der Waals surface area contributed by atoms with E-state index in [-0.39, 0.29) is 6.10 Å². The number of nitrogens with zero attached hydrogens (tertiary/aromatic N) is 2. The molecule has 0 aliphatic heterocycles. The second-order valence-electron chi connectivity index (χ2n) is 6.65. The van der Waals surface area contributed by atoms with Gasteiger partial charge in [0.25, 0.3) is 0 Å². The predicted molar refractivity (Wildman–Crippen MR) is 97.2 cm³/mol. The highest BCUT2D eigenvalue weighted by Crippen LogP contribution is 2.28. The van der Waals surface area contributed by atoms with Crippen molar-refractivity contribution in [2.24, 2.45) is 10.7 Å². The van der Waals surface area contributed by atoms with Crippen LogP contribution < -0.4 is 15.8 Å². The van der Waals surface area contributed by atoms with E-state index in [0.717, 1.165) is 30.6 Å². The molecule has 0 atom stereocenters. The minimum atomic E-state index is 0.177. The second kappa shape index (κ2) is 8.20. The number of hydrogen-bond acceptors (Lipinski definition) is 3. The van der Waals surface area contributed by atoms with Crippen LogP contribution in [0.1, 0.15) is 40.5 Å². The molecule has 0 aromatic heterocycles. The lowest BCUT2D eigenvalue weighted by atomic mass is 10.3. The maximum Gasteiger partial charge on any atom is 0.193 e. The van der Waals surface area contributed by atoms with Crippen LogP contribution in [0.5, 0.6) is 5.75 Å². The van der Waals surface area contributed by atoms with Crippen molar-refractivity contribution in [3.63, 3.8) is 0 Å². The third kappa shape index (κ3) is 6.10. The molecule has 0 unspecified atom stereocenters. The minimum absolute atomic E-state index is 0.177. The third-order valence-corrected chi connectivity index (χ3v) is 3.82. The molecule has 1 aliphatic carbocycles. The quantitative estimate of drug-likeness (QED) is 0.571. The Bertz CT molecular complexity index is 504. The molecule has 3 N–H and O–H groups in total. The predicted octanol–water partition coefficient (Wildman–Crippen LogP) is 3.07. The fourth-order valence-corrected chi connectivity index (χ4v) is 2.63. The highest BCUT2D eigenvalue weighted by molar-refractivity contribution is 5.92. The molecular weight excluding hydrogens is 288 g/mol. The van der Waals surface area contributed by atoms with Crippen LogP contribution in [-0.2, 0) is 0 Å². The smallest absolute Gasteiger partial charge is 0.193 e. The maximum atomic E-state index is 5.97. The summed E-state index contributed by atoms with van der Waals surface area (Å²) < 4.78 is 5.62. The van der Waals surface area contributed by atoms with Gasteiger partial charge in [-0.05, 0) is 64.8 Å². The van der Waals surface area contributed by atoms with Gasteiger partial charge in [0.15, 0.2) is 5.96 Å². The fourth-order valence-electron chi connectivity index (χ4n) is 2.63. The monoisotopic (exact) mass is 318 g/mol. The normalized spacial score (nSPS) is 15.5. The zero-order valence-corrected chi connectivity index (χ0v) is 14.7. The molecule has 0 bridgehead atoms. The number of benzene rings is 1. The number of nitrogens with two attached hydrogens (primary N) is 1. The van der Waals surface area contributed by atoms with E-state index in [2.05, 4.69) is 29.1 Å². The zero-order chi connectivity index (χ0) is 16.8. The van der Waals surface area contributed by atoms with E-state index >= 15 is 0 Å². The van der Waals surface area contributed by atoms with Crippen molar-refractivity contribution in [3.05, 3.63) is 24.3 Å². The number of nitrogens with one attached hydrogen (secondary N) is 1. The Kier molecular flexibility index (Phi) is 6.28. The van der Waals surface area contributed by atoms with Crippen LogP contribution >= 0.6 is 0 Å². The molecule has 1 aromatic rings. The Morgan fingerprint density at radius 1 is 1.26 bits per heavy atom. The molecule has 0 amide bonds. The maximum absolute atomic E-state index is 5.97. The van der Waals surface area contributed by atoms with Crippen LogP contribution in [0.3, 0.4) is 0 Å². The fraction of sp³-hybridized carbons (Fsp3) is 0.611. The van der Waals surface area contributed by atoms with Gasteiger partial charge in [-0.2, -0.15) is 0 Å². The molecule has 1 saturated carbocycles. The number of hydrogen-bond donors (Lipinski definition) is 2. The van der Waals surface area contributed by atoms with Crippen molar-refractivity contribution in [1.82, 2.24) is 4.90 Å². The van der Waals surface area contributed by atoms with Gasteiger partial charge in [0.1, 0.15) is 5.75 Å². The van der Waals surface area contributed by atoms with E-state index in [1.165, 1.54) is 12.8 Å². The molecule has 1 aliphatic rings. The Hall–Kier alpha value is -1.75. The summed E-state index contributed by atoms with van der Waals surface area (Å²) in [6, 6.07) is 9.09. The molecule has 1 aromatic carbocycles. The van der Waals surface area contributed by atoms with Crippen LogP contribution in [0.4, 0.5) is 5.69 Å². The number of anilines is 1. The Morgan fingerprint density at radius 2 is 1.91 bits per heavy atom. The summed E-state index contributed by atoms with van der Waals surface area (Å²) in [6.45, 7) is 10.2. The topological polar surface area (TPSA) is 62.9 Å². The van der Waals surface area contributed by atoms with Gasteiger partial charge in [-0.25, -0.2) is 0 Å². The molecule has 0 saturated heterocycles. The Balaban J connectivity index is 1.79. The largest absolute Gasteiger partial charge is 0.491 e. The summed E-state index contributed by atoms with van der Waals surface area (Å²) in [4.78, 5) is 6.94. The minimum Gasteiger partial charge on any atom is -0.491 e. The van der Waals surface area contributed by atoms with Crippen molar-refractivity contribution in [1.29, 1.82) is 0 Å². The van der Waals surface area contributed by atoms with Crippen LogP contribution in [-0.4, -0.2) is 42.1 Å². The van der Waals surface area contributed by atoms with E-state index < -0.39 is 0 Å². The first kappa shape index (κ1) is 17.6. The lowest BCUT2D eigenvalue weighted by Crippen LogP contribution is -2.35. The number of guanidine groups is 1. The second-order valence-corrected chi connectivity index (χ2v) is 6.65. The molecule has 0 radical (unpaired) electrons. The average molecular weight is 318 g/mol. The molecule has 5 heteroatoms. The van der Waals surface area contributed by atoms with Crippen LogP contribution in [0, 0.1) is 0 Å². The van der Waals surface area contributed by atoms with E-state index in [9.17, 15) is 0 Å². The van der Waals surface area contributed by atoms with Gasteiger partial charge in [0, 0.05) is 24.3 Å². The van der Waals surface area contributed by atoms with Crippen LogP contribution in [0.15, 0.2) is 29.3 Å². The molecular formula is C18H30N4O. The van der Waals surface area contributed by atoms with Crippen LogP contribution in [0.2, 0.25) is 0 Å². The van der Waals surface area contributed by atoms with Crippen molar-refractivity contribution < 1.29 is 4.74 Å². The molecule has 1 fully saturated rings.